The van der Waals surface area contributed by atoms with Gasteiger partial charge in [0, 0.05) is 16.2 Å². The van der Waals surface area contributed by atoms with Crippen LogP contribution in [0.5, 0.6) is 0 Å². The van der Waals surface area contributed by atoms with Crippen LogP contribution in [0.2, 0.25) is 0 Å². The Morgan fingerprint density at radius 1 is 1.15 bits per heavy atom. The molecule has 0 bridgehead atoms. The molecule has 98 valence electrons. The van der Waals surface area contributed by atoms with Crippen LogP contribution in [0.3, 0.4) is 0 Å². The van der Waals surface area contributed by atoms with Crippen molar-refractivity contribution in [2.45, 2.75) is 20.8 Å². The molecule has 0 unspecified atom stereocenters. The van der Waals surface area contributed by atoms with Gasteiger partial charge in [0.25, 0.3) is 0 Å². The summed E-state index contributed by atoms with van der Waals surface area (Å²) in [5.74, 6) is 0. The first-order valence-electron chi connectivity index (χ1n) is 6.12. The largest absolute Gasteiger partial charge is 0.257 e. The second-order valence-corrected chi connectivity index (χ2v) is 4.55. The van der Waals surface area contributed by atoms with E-state index in [-0.39, 0.29) is 0 Å². The monoisotopic (exact) mass is 263 g/mol. The van der Waals surface area contributed by atoms with Gasteiger partial charge in [0.2, 0.25) is 0 Å². The van der Waals surface area contributed by atoms with E-state index in [1.807, 2.05) is 31.2 Å². The van der Waals surface area contributed by atoms with Crippen molar-refractivity contribution >= 4 is 5.69 Å². The summed E-state index contributed by atoms with van der Waals surface area (Å²) in [7, 11) is 0. The molecule has 2 aromatic rings. The predicted octanol–water partition coefficient (Wildman–Crippen LogP) is 4.49. The van der Waals surface area contributed by atoms with Crippen LogP contribution in [0.1, 0.15) is 22.5 Å². The van der Waals surface area contributed by atoms with Gasteiger partial charge in [-0.2, -0.15) is 5.26 Å². The zero-order valence-electron chi connectivity index (χ0n) is 11.5. The van der Waals surface area contributed by atoms with Crippen LogP contribution in [-0.4, -0.2) is 4.98 Å². The summed E-state index contributed by atoms with van der Waals surface area (Å²) in [4.78, 5) is 7.13. The average molecular weight is 263 g/mol. The minimum absolute atomic E-state index is 0.415. The van der Waals surface area contributed by atoms with Crippen LogP contribution >= 0.6 is 0 Å². The Kier molecular flexibility index (Phi) is 3.69. The Morgan fingerprint density at radius 3 is 2.35 bits per heavy atom. The fourth-order valence-electron chi connectivity index (χ4n) is 2.15. The second kappa shape index (κ2) is 5.43. The number of nitriles is 1. The Hall–Kier alpha value is -2.83. The van der Waals surface area contributed by atoms with Crippen LogP contribution in [0.15, 0.2) is 29.4 Å². The molecule has 0 atom stereocenters. The normalized spacial score (nSPS) is 9.70. The van der Waals surface area contributed by atoms with Gasteiger partial charge in [-0.3, -0.25) is 4.98 Å². The minimum Gasteiger partial charge on any atom is -0.257 e. The maximum atomic E-state index is 9.37. The van der Waals surface area contributed by atoms with Crippen LogP contribution in [0, 0.1) is 32.1 Å². The van der Waals surface area contributed by atoms with E-state index >= 15 is 0 Å². The van der Waals surface area contributed by atoms with E-state index in [1.54, 1.807) is 13.8 Å². The van der Waals surface area contributed by atoms with Gasteiger partial charge < -0.3 is 0 Å². The van der Waals surface area contributed by atoms with Gasteiger partial charge >= 0.3 is 0 Å². The number of aromatic nitrogens is 1. The summed E-state index contributed by atoms with van der Waals surface area (Å²) in [5, 5.41) is 13.1. The zero-order chi connectivity index (χ0) is 14.7. The number of azide groups is 1. The lowest BCUT2D eigenvalue weighted by Crippen LogP contribution is -1.97. The number of hydrogen-bond donors (Lipinski definition) is 0. The highest BCUT2D eigenvalue weighted by atomic mass is 15.1. The summed E-state index contributed by atoms with van der Waals surface area (Å²) < 4.78 is 0. The fraction of sp³-hybridized carbons (Fsp3) is 0.200. The molecule has 0 amide bonds. The lowest BCUT2D eigenvalue weighted by molar-refractivity contribution is 1.10. The van der Waals surface area contributed by atoms with E-state index in [2.05, 4.69) is 21.1 Å². The topological polar surface area (TPSA) is 85.4 Å². The van der Waals surface area contributed by atoms with E-state index in [9.17, 15) is 5.26 Å². The molecule has 0 aliphatic heterocycles. The van der Waals surface area contributed by atoms with Crippen LogP contribution in [0.25, 0.3) is 21.6 Å². The first-order chi connectivity index (χ1) is 9.58. The molecule has 1 heterocycles. The number of aryl methyl sites for hydroxylation is 3. The van der Waals surface area contributed by atoms with Crippen molar-refractivity contribution < 1.29 is 0 Å². The van der Waals surface area contributed by atoms with E-state index < -0.39 is 0 Å². The van der Waals surface area contributed by atoms with Gasteiger partial charge in [-0.15, -0.1) is 0 Å². The summed E-state index contributed by atoms with van der Waals surface area (Å²) in [5.41, 5.74) is 13.5. The highest BCUT2D eigenvalue weighted by molar-refractivity contribution is 5.83. The number of benzene rings is 1. The molecular formula is C15H13N5. The van der Waals surface area contributed by atoms with E-state index in [1.165, 1.54) is 0 Å². The van der Waals surface area contributed by atoms with Crippen molar-refractivity contribution in [3.63, 3.8) is 0 Å². The van der Waals surface area contributed by atoms with Crippen LogP contribution < -0.4 is 0 Å². The van der Waals surface area contributed by atoms with E-state index in [4.69, 9.17) is 5.53 Å². The standard InChI is InChI=1S/C15H13N5/c1-9-4-6-12(7-5-9)14-13(8-16)10(2)18-11(3)15(14)19-20-17/h4-7H,1-3H3. The molecule has 20 heavy (non-hydrogen) atoms. The number of hydrogen-bond acceptors (Lipinski definition) is 3. The van der Waals surface area contributed by atoms with Crippen molar-refractivity contribution in [2.24, 2.45) is 5.11 Å². The van der Waals surface area contributed by atoms with Crippen molar-refractivity contribution in [3.8, 4) is 17.2 Å². The quantitative estimate of drug-likeness (QED) is 0.454. The number of pyridine rings is 1. The molecule has 5 nitrogen and oxygen atoms in total. The van der Waals surface area contributed by atoms with Crippen LogP contribution in [0.4, 0.5) is 5.69 Å². The molecule has 0 fully saturated rings. The van der Waals surface area contributed by atoms with Gasteiger partial charge in [-0.25, -0.2) is 0 Å². The molecule has 0 saturated heterocycles. The molecule has 0 spiro atoms. The number of rotatable bonds is 2. The Bertz CT molecular complexity index is 747. The highest BCUT2D eigenvalue weighted by Crippen LogP contribution is 2.36. The van der Waals surface area contributed by atoms with Crippen molar-refractivity contribution in [1.29, 1.82) is 5.26 Å². The Labute approximate surface area is 117 Å². The first-order valence-corrected chi connectivity index (χ1v) is 6.12. The van der Waals surface area contributed by atoms with E-state index in [0.29, 0.717) is 28.2 Å². The van der Waals surface area contributed by atoms with Gasteiger partial charge in [-0.1, -0.05) is 34.9 Å². The molecule has 0 N–H and O–H groups in total. The second-order valence-electron chi connectivity index (χ2n) is 4.55. The third-order valence-electron chi connectivity index (χ3n) is 3.12. The maximum absolute atomic E-state index is 9.37. The molecule has 0 saturated carbocycles. The summed E-state index contributed by atoms with van der Waals surface area (Å²) >= 11 is 0. The van der Waals surface area contributed by atoms with Gasteiger partial charge in [0.05, 0.1) is 16.9 Å². The minimum atomic E-state index is 0.415. The molecule has 1 aromatic heterocycles. The molecule has 0 aliphatic carbocycles. The molecule has 2 rings (SSSR count). The van der Waals surface area contributed by atoms with Crippen molar-refractivity contribution in [2.75, 3.05) is 0 Å². The maximum Gasteiger partial charge on any atom is 0.102 e. The smallest absolute Gasteiger partial charge is 0.102 e. The van der Waals surface area contributed by atoms with Gasteiger partial charge in [0.15, 0.2) is 0 Å². The lowest BCUT2D eigenvalue weighted by atomic mass is 9.96. The summed E-state index contributed by atoms with van der Waals surface area (Å²) in [6.07, 6.45) is 0. The molecule has 0 aliphatic rings. The van der Waals surface area contributed by atoms with Crippen molar-refractivity contribution in [3.05, 3.63) is 57.2 Å². The first kappa shape index (κ1) is 13.6. The molecular weight excluding hydrogens is 250 g/mol. The number of nitrogens with zero attached hydrogens (tertiary/aromatic N) is 5. The molecule has 0 radical (unpaired) electrons. The fourth-order valence-corrected chi connectivity index (χ4v) is 2.15. The molecule has 1 aromatic carbocycles. The van der Waals surface area contributed by atoms with Crippen molar-refractivity contribution in [1.82, 2.24) is 4.98 Å². The third-order valence-corrected chi connectivity index (χ3v) is 3.12. The third kappa shape index (κ3) is 2.33. The van der Waals surface area contributed by atoms with Crippen LogP contribution in [-0.2, 0) is 0 Å². The summed E-state index contributed by atoms with van der Waals surface area (Å²) in [6.45, 7) is 5.55. The molecule has 5 heteroatoms. The zero-order valence-corrected chi connectivity index (χ0v) is 11.5. The summed E-state index contributed by atoms with van der Waals surface area (Å²) in [6, 6.07) is 9.91. The Balaban J connectivity index is 2.87. The average Bonchev–Trinajstić information content (AvgIpc) is 2.42. The van der Waals surface area contributed by atoms with E-state index in [0.717, 1.165) is 11.1 Å². The Morgan fingerprint density at radius 2 is 1.80 bits per heavy atom. The highest BCUT2D eigenvalue weighted by Gasteiger charge is 2.16. The SMILES string of the molecule is Cc1ccc(-c2c(C#N)c(C)nc(C)c2N=[N+]=[N-])cc1. The lowest BCUT2D eigenvalue weighted by Gasteiger charge is -2.12. The van der Waals surface area contributed by atoms with Gasteiger partial charge in [0.1, 0.15) is 6.07 Å². The van der Waals surface area contributed by atoms with Gasteiger partial charge in [-0.05, 0) is 31.9 Å². The predicted molar refractivity (Wildman–Crippen MR) is 77.4 cm³/mol.